The van der Waals surface area contributed by atoms with Crippen molar-refractivity contribution in [2.45, 2.75) is 25.9 Å². The van der Waals surface area contributed by atoms with Crippen LogP contribution < -0.4 is 0 Å². The second kappa shape index (κ2) is 5.20. The molecule has 2 aliphatic heterocycles. The maximum absolute atomic E-state index is 13.1. The van der Waals surface area contributed by atoms with Gasteiger partial charge in [0, 0.05) is 13.1 Å². The van der Waals surface area contributed by atoms with E-state index in [0.29, 0.717) is 5.56 Å². The van der Waals surface area contributed by atoms with Gasteiger partial charge in [-0.05, 0) is 16.7 Å². The number of carbonyl (C=O) groups excluding carboxylic acids is 1. The van der Waals surface area contributed by atoms with Crippen molar-refractivity contribution in [3.63, 3.8) is 0 Å². The van der Waals surface area contributed by atoms with Crippen LogP contribution in [0.1, 0.15) is 16.7 Å². The van der Waals surface area contributed by atoms with E-state index in [0.717, 1.165) is 17.3 Å². The quantitative estimate of drug-likeness (QED) is 0.912. The Hall–Kier alpha value is -2.22. The summed E-state index contributed by atoms with van der Waals surface area (Å²) in [4.78, 5) is 13.0. The third-order valence-electron chi connectivity index (χ3n) is 3.83. The van der Waals surface area contributed by atoms with Crippen LogP contribution in [0, 0.1) is 5.92 Å². The van der Waals surface area contributed by atoms with Gasteiger partial charge in [-0.2, -0.15) is 18.3 Å². The van der Waals surface area contributed by atoms with Crippen molar-refractivity contribution in [1.29, 1.82) is 0 Å². The number of hydrogen-bond acceptors (Lipinski definition) is 4. The molecular formula is C14H12F3N3O2. The van der Waals surface area contributed by atoms with Crippen molar-refractivity contribution < 1.29 is 23.1 Å². The molecule has 1 aromatic carbocycles. The molecule has 2 aliphatic rings. The Morgan fingerprint density at radius 1 is 1.32 bits per heavy atom. The summed E-state index contributed by atoms with van der Waals surface area (Å²) in [6.45, 7) is 0.259. The zero-order valence-electron chi connectivity index (χ0n) is 11.3. The number of carbonyl (C=O) groups is 1. The maximum atomic E-state index is 13.1. The second-order valence-electron chi connectivity index (χ2n) is 5.15. The van der Waals surface area contributed by atoms with Crippen LogP contribution in [-0.4, -0.2) is 22.1 Å². The molecule has 1 atom stereocenters. The van der Waals surface area contributed by atoms with E-state index in [1.165, 1.54) is 4.90 Å². The van der Waals surface area contributed by atoms with Gasteiger partial charge in [-0.1, -0.05) is 18.2 Å². The van der Waals surface area contributed by atoms with Gasteiger partial charge < -0.3 is 10.0 Å². The Kier molecular flexibility index (Phi) is 3.48. The second-order valence-corrected chi connectivity index (χ2v) is 5.15. The van der Waals surface area contributed by atoms with Gasteiger partial charge >= 0.3 is 6.18 Å². The molecule has 0 aromatic heterocycles. The Bertz CT molecular complexity index is 682. The normalized spacial score (nSPS) is 21.1. The minimum atomic E-state index is -4.71. The number of alkyl halides is 3. The Balaban J connectivity index is 1.94. The summed E-state index contributed by atoms with van der Waals surface area (Å²) in [5.74, 6) is -3.58. The van der Waals surface area contributed by atoms with Crippen molar-refractivity contribution in [1.82, 2.24) is 4.90 Å². The molecule has 0 saturated carbocycles. The Labute approximate surface area is 123 Å². The first-order valence-electron chi connectivity index (χ1n) is 6.58. The minimum absolute atomic E-state index is 0.183. The average Bonchev–Trinajstić information content (AvgIpc) is 2.89. The zero-order valence-corrected chi connectivity index (χ0v) is 11.3. The molecule has 1 unspecified atom stereocenters. The molecule has 0 saturated heterocycles. The number of nitrogens with zero attached hydrogens (tertiary/aromatic N) is 3. The first-order valence-corrected chi connectivity index (χ1v) is 6.58. The van der Waals surface area contributed by atoms with Gasteiger partial charge in [-0.25, -0.2) is 0 Å². The highest BCUT2D eigenvalue weighted by Crippen LogP contribution is 2.40. The summed E-state index contributed by atoms with van der Waals surface area (Å²) in [5.41, 5.74) is 2.10. The number of rotatable bonds is 2. The molecule has 0 aliphatic carbocycles. The fourth-order valence-corrected chi connectivity index (χ4v) is 2.80. The largest absolute Gasteiger partial charge is 0.406 e. The lowest BCUT2D eigenvalue weighted by Gasteiger charge is -2.29. The maximum Gasteiger partial charge on any atom is 0.406 e. The molecule has 0 fully saturated rings. The molecular weight excluding hydrogens is 299 g/mol. The molecule has 1 aromatic rings. The molecule has 8 heteroatoms. The topological polar surface area (TPSA) is 65.3 Å². The van der Waals surface area contributed by atoms with Crippen LogP contribution in [0.5, 0.6) is 0 Å². The third kappa shape index (κ3) is 2.39. The van der Waals surface area contributed by atoms with Crippen LogP contribution in [0.15, 0.2) is 40.3 Å². The van der Waals surface area contributed by atoms with Crippen LogP contribution in [0.3, 0.4) is 0 Å². The number of aliphatic hydroxyl groups excluding tert-OH is 1. The lowest BCUT2D eigenvalue weighted by molar-refractivity contribution is -0.177. The monoisotopic (exact) mass is 311 g/mol. The van der Waals surface area contributed by atoms with E-state index >= 15 is 0 Å². The third-order valence-corrected chi connectivity index (χ3v) is 3.83. The summed E-state index contributed by atoms with van der Waals surface area (Å²) in [5, 5.41) is 15.7. The number of amides is 1. The predicted octanol–water partition coefficient (Wildman–Crippen LogP) is 2.51. The standard InChI is InChI=1S/C14H12F3N3O2/c15-14(16,17)12-11(4-18-19-13(12)22)20-5-8-2-1-3-9(7-21)10(8)6-20/h1-4,12,21H,5-7H2. The smallest absolute Gasteiger partial charge is 0.392 e. The van der Waals surface area contributed by atoms with Gasteiger partial charge in [0.2, 0.25) is 0 Å². The summed E-state index contributed by atoms with van der Waals surface area (Å²) in [6, 6.07) is 5.27. The first kappa shape index (κ1) is 14.7. The van der Waals surface area contributed by atoms with Gasteiger partial charge in [0.05, 0.1) is 18.5 Å². The number of azo groups is 1. The van der Waals surface area contributed by atoms with Crippen molar-refractivity contribution in [2.75, 3.05) is 0 Å². The lowest BCUT2D eigenvalue weighted by Crippen LogP contribution is -2.38. The zero-order chi connectivity index (χ0) is 15.9. The summed E-state index contributed by atoms with van der Waals surface area (Å²) < 4.78 is 39.4. The summed E-state index contributed by atoms with van der Waals surface area (Å²) >= 11 is 0. The number of fused-ring (bicyclic) bond motifs is 1. The van der Waals surface area contributed by atoms with E-state index in [-0.39, 0.29) is 25.4 Å². The van der Waals surface area contributed by atoms with Crippen LogP contribution in [0.25, 0.3) is 0 Å². The van der Waals surface area contributed by atoms with E-state index in [1.807, 2.05) is 0 Å². The van der Waals surface area contributed by atoms with Gasteiger partial charge in [0.1, 0.15) is 0 Å². The van der Waals surface area contributed by atoms with Gasteiger partial charge in [0.25, 0.3) is 5.91 Å². The molecule has 3 rings (SSSR count). The number of aliphatic hydroxyl groups is 1. The van der Waals surface area contributed by atoms with E-state index in [4.69, 9.17) is 0 Å². The van der Waals surface area contributed by atoms with E-state index in [9.17, 15) is 23.1 Å². The van der Waals surface area contributed by atoms with Crippen LogP contribution >= 0.6 is 0 Å². The molecule has 2 heterocycles. The highest BCUT2D eigenvalue weighted by Gasteiger charge is 2.50. The molecule has 5 nitrogen and oxygen atoms in total. The Morgan fingerprint density at radius 3 is 2.77 bits per heavy atom. The highest BCUT2D eigenvalue weighted by atomic mass is 19.4. The van der Waals surface area contributed by atoms with E-state index in [2.05, 4.69) is 10.2 Å². The van der Waals surface area contributed by atoms with Gasteiger partial charge in [-0.3, -0.25) is 4.79 Å². The van der Waals surface area contributed by atoms with E-state index in [1.54, 1.807) is 18.2 Å². The van der Waals surface area contributed by atoms with Crippen LogP contribution in [0.2, 0.25) is 0 Å². The fraction of sp³-hybridized carbons (Fsp3) is 0.357. The van der Waals surface area contributed by atoms with Crippen LogP contribution in [0.4, 0.5) is 13.2 Å². The average molecular weight is 311 g/mol. The van der Waals surface area contributed by atoms with Gasteiger partial charge in [-0.15, -0.1) is 5.11 Å². The van der Waals surface area contributed by atoms with Crippen molar-refractivity contribution in [3.8, 4) is 0 Å². The van der Waals surface area contributed by atoms with Crippen molar-refractivity contribution in [3.05, 3.63) is 46.8 Å². The SMILES string of the molecule is O=C1N=NC=C(N2Cc3cccc(CO)c3C2)C1C(F)(F)F. The fourth-order valence-electron chi connectivity index (χ4n) is 2.80. The lowest BCUT2D eigenvalue weighted by atomic mass is 10.0. The molecule has 0 bridgehead atoms. The van der Waals surface area contributed by atoms with Crippen molar-refractivity contribution >= 4 is 5.91 Å². The summed E-state index contributed by atoms with van der Waals surface area (Å²) in [6.07, 6.45) is -3.72. The summed E-state index contributed by atoms with van der Waals surface area (Å²) in [7, 11) is 0. The molecule has 116 valence electrons. The van der Waals surface area contributed by atoms with Crippen LogP contribution in [-0.2, 0) is 24.5 Å². The predicted molar refractivity (Wildman–Crippen MR) is 69.1 cm³/mol. The molecule has 22 heavy (non-hydrogen) atoms. The minimum Gasteiger partial charge on any atom is -0.392 e. The number of halogens is 3. The number of benzene rings is 1. The molecule has 1 amide bonds. The first-order chi connectivity index (χ1) is 10.4. The molecule has 1 N–H and O–H groups in total. The molecule has 0 radical (unpaired) electrons. The van der Waals surface area contributed by atoms with Crippen molar-refractivity contribution in [2.24, 2.45) is 16.1 Å². The van der Waals surface area contributed by atoms with E-state index < -0.39 is 18.0 Å². The van der Waals surface area contributed by atoms with Gasteiger partial charge in [0.15, 0.2) is 5.92 Å². The number of hydrogen-bond donors (Lipinski definition) is 1. The molecule has 0 spiro atoms. The highest BCUT2D eigenvalue weighted by molar-refractivity contribution is 5.83. The Morgan fingerprint density at radius 2 is 2.09 bits per heavy atom.